The van der Waals surface area contributed by atoms with Crippen LogP contribution in [0.25, 0.3) is 0 Å². The molecule has 0 aromatic carbocycles. The van der Waals surface area contributed by atoms with Gasteiger partial charge in [-0.3, -0.25) is 4.79 Å². The molecular formula is C13H16N2O2. The molecular weight excluding hydrogens is 216 g/mol. The smallest absolute Gasteiger partial charge is 0.290 e. The highest BCUT2D eigenvalue weighted by Crippen LogP contribution is 2.23. The maximum atomic E-state index is 12.2. The van der Waals surface area contributed by atoms with Crippen LogP contribution in [-0.2, 0) is 0 Å². The van der Waals surface area contributed by atoms with Crippen molar-refractivity contribution in [1.29, 1.82) is 5.26 Å². The largest absolute Gasteiger partial charge is 0.459 e. The minimum Gasteiger partial charge on any atom is -0.459 e. The van der Waals surface area contributed by atoms with E-state index in [1.54, 1.807) is 17.0 Å². The summed E-state index contributed by atoms with van der Waals surface area (Å²) in [6.45, 7) is 0.143. The lowest BCUT2D eigenvalue weighted by Crippen LogP contribution is -2.41. The molecule has 0 aliphatic heterocycles. The molecule has 1 aliphatic carbocycles. The van der Waals surface area contributed by atoms with Crippen LogP contribution in [0, 0.1) is 11.3 Å². The lowest BCUT2D eigenvalue weighted by Gasteiger charge is -2.32. The molecule has 1 saturated carbocycles. The molecule has 1 aliphatic rings. The number of amides is 1. The van der Waals surface area contributed by atoms with E-state index in [1.807, 2.05) is 0 Å². The van der Waals surface area contributed by atoms with Crippen molar-refractivity contribution in [2.45, 2.75) is 38.1 Å². The molecule has 0 bridgehead atoms. The average molecular weight is 232 g/mol. The number of carbonyl (C=O) groups is 1. The van der Waals surface area contributed by atoms with Crippen molar-refractivity contribution in [3.8, 4) is 6.07 Å². The molecule has 17 heavy (non-hydrogen) atoms. The van der Waals surface area contributed by atoms with E-state index < -0.39 is 0 Å². The number of nitrogens with zero attached hydrogens (tertiary/aromatic N) is 2. The quantitative estimate of drug-likeness (QED) is 0.752. The molecule has 4 nitrogen and oxygen atoms in total. The van der Waals surface area contributed by atoms with Crippen molar-refractivity contribution in [3.05, 3.63) is 24.2 Å². The van der Waals surface area contributed by atoms with Crippen LogP contribution in [0.3, 0.4) is 0 Å². The third kappa shape index (κ3) is 2.68. The molecule has 1 amide bonds. The van der Waals surface area contributed by atoms with Crippen molar-refractivity contribution < 1.29 is 9.21 Å². The number of hydrogen-bond donors (Lipinski definition) is 0. The van der Waals surface area contributed by atoms with Gasteiger partial charge in [-0.05, 0) is 25.0 Å². The fourth-order valence-corrected chi connectivity index (χ4v) is 2.38. The molecule has 0 atom stereocenters. The van der Waals surface area contributed by atoms with E-state index in [2.05, 4.69) is 6.07 Å². The van der Waals surface area contributed by atoms with Crippen molar-refractivity contribution in [3.63, 3.8) is 0 Å². The van der Waals surface area contributed by atoms with Crippen LogP contribution in [0.5, 0.6) is 0 Å². The highest BCUT2D eigenvalue weighted by molar-refractivity contribution is 5.91. The monoisotopic (exact) mass is 232 g/mol. The predicted octanol–water partition coefficient (Wildman–Crippen LogP) is 2.58. The number of carbonyl (C=O) groups excluding carboxylic acids is 1. The molecule has 0 unspecified atom stereocenters. The molecule has 0 radical (unpaired) electrons. The molecule has 4 heteroatoms. The first-order valence-corrected chi connectivity index (χ1v) is 6.04. The van der Waals surface area contributed by atoms with Crippen LogP contribution in [0.15, 0.2) is 22.8 Å². The van der Waals surface area contributed by atoms with Crippen LogP contribution in [-0.4, -0.2) is 23.4 Å². The molecule has 90 valence electrons. The lowest BCUT2D eigenvalue weighted by atomic mass is 9.94. The first kappa shape index (κ1) is 11.7. The van der Waals surface area contributed by atoms with Gasteiger partial charge in [0.15, 0.2) is 5.76 Å². The van der Waals surface area contributed by atoms with Crippen LogP contribution in [0.2, 0.25) is 0 Å². The Morgan fingerprint density at radius 3 is 2.82 bits per heavy atom. The average Bonchev–Trinajstić information content (AvgIpc) is 2.90. The summed E-state index contributed by atoms with van der Waals surface area (Å²) >= 11 is 0. The van der Waals surface area contributed by atoms with E-state index in [0.717, 1.165) is 25.7 Å². The summed E-state index contributed by atoms with van der Waals surface area (Å²) in [5.41, 5.74) is 0. The van der Waals surface area contributed by atoms with Gasteiger partial charge in [-0.1, -0.05) is 19.3 Å². The lowest BCUT2D eigenvalue weighted by molar-refractivity contribution is 0.0634. The van der Waals surface area contributed by atoms with Crippen LogP contribution >= 0.6 is 0 Å². The van der Waals surface area contributed by atoms with Gasteiger partial charge in [-0.2, -0.15) is 5.26 Å². The van der Waals surface area contributed by atoms with Gasteiger partial charge in [-0.15, -0.1) is 0 Å². The van der Waals surface area contributed by atoms with Gasteiger partial charge in [0.25, 0.3) is 5.91 Å². The number of furan rings is 1. The minimum absolute atomic E-state index is 0.143. The summed E-state index contributed by atoms with van der Waals surface area (Å²) in [7, 11) is 0. The zero-order chi connectivity index (χ0) is 12.1. The summed E-state index contributed by atoms with van der Waals surface area (Å²) < 4.78 is 5.11. The number of rotatable bonds is 3. The van der Waals surface area contributed by atoms with Crippen LogP contribution in [0.4, 0.5) is 0 Å². The summed E-state index contributed by atoms with van der Waals surface area (Å²) in [6, 6.07) is 5.61. The summed E-state index contributed by atoms with van der Waals surface area (Å²) in [5.74, 6) is 0.161. The minimum atomic E-state index is -0.163. The summed E-state index contributed by atoms with van der Waals surface area (Å²) in [5, 5.41) is 8.84. The second-order valence-electron chi connectivity index (χ2n) is 4.36. The van der Waals surface area contributed by atoms with Crippen molar-refractivity contribution >= 4 is 5.91 Å². The van der Waals surface area contributed by atoms with Gasteiger partial charge in [0.1, 0.15) is 6.54 Å². The van der Waals surface area contributed by atoms with E-state index in [1.165, 1.54) is 12.7 Å². The van der Waals surface area contributed by atoms with Crippen molar-refractivity contribution in [1.82, 2.24) is 4.90 Å². The topological polar surface area (TPSA) is 57.2 Å². The number of nitriles is 1. The van der Waals surface area contributed by atoms with E-state index in [-0.39, 0.29) is 18.5 Å². The number of hydrogen-bond acceptors (Lipinski definition) is 3. The Bertz CT molecular complexity index is 400. The van der Waals surface area contributed by atoms with Gasteiger partial charge in [0, 0.05) is 6.04 Å². The molecule has 0 saturated heterocycles. The molecule has 2 rings (SSSR count). The first-order chi connectivity index (χ1) is 8.33. The second kappa shape index (κ2) is 5.53. The zero-order valence-corrected chi connectivity index (χ0v) is 9.76. The fraction of sp³-hybridized carbons (Fsp3) is 0.538. The zero-order valence-electron chi connectivity index (χ0n) is 9.76. The molecule has 0 spiro atoms. The maximum Gasteiger partial charge on any atom is 0.290 e. The van der Waals surface area contributed by atoms with E-state index in [9.17, 15) is 4.79 Å². The maximum absolute atomic E-state index is 12.2. The highest BCUT2D eigenvalue weighted by atomic mass is 16.3. The molecule has 1 heterocycles. The van der Waals surface area contributed by atoms with Gasteiger partial charge < -0.3 is 9.32 Å². The Kier molecular flexibility index (Phi) is 3.81. The second-order valence-corrected chi connectivity index (χ2v) is 4.36. The van der Waals surface area contributed by atoms with Crippen LogP contribution in [0.1, 0.15) is 42.7 Å². The van der Waals surface area contributed by atoms with Gasteiger partial charge >= 0.3 is 0 Å². The Morgan fingerprint density at radius 2 is 2.24 bits per heavy atom. The van der Waals surface area contributed by atoms with Crippen molar-refractivity contribution in [2.24, 2.45) is 0 Å². The third-order valence-electron chi connectivity index (χ3n) is 3.25. The fourth-order valence-electron chi connectivity index (χ4n) is 2.38. The van der Waals surface area contributed by atoms with E-state index in [4.69, 9.17) is 9.68 Å². The Balaban J connectivity index is 2.11. The first-order valence-electron chi connectivity index (χ1n) is 6.04. The summed E-state index contributed by atoms with van der Waals surface area (Å²) in [6.07, 6.45) is 6.98. The standard InChI is InChI=1S/C13H16N2O2/c14-8-9-15(11-5-2-1-3-6-11)13(16)12-7-4-10-17-12/h4,7,10-11H,1-3,5-6,9H2. The molecule has 1 fully saturated rings. The Morgan fingerprint density at radius 1 is 1.47 bits per heavy atom. The predicted molar refractivity (Wildman–Crippen MR) is 62.2 cm³/mol. The van der Waals surface area contributed by atoms with Gasteiger partial charge in [0.2, 0.25) is 0 Å². The SMILES string of the molecule is N#CCN(C(=O)c1ccco1)C1CCCCC1. The molecule has 1 aromatic rings. The van der Waals surface area contributed by atoms with Crippen molar-refractivity contribution in [2.75, 3.05) is 6.54 Å². The normalized spacial score (nSPS) is 16.4. The van der Waals surface area contributed by atoms with Gasteiger partial charge in [0.05, 0.1) is 12.3 Å². The third-order valence-corrected chi connectivity index (χ3v) is 3.25. The van der Waals surface area contributed by atoms with Crippen LogP contribution < -0.4 is 0 Å². The molecule has 1 aromatic heterocycles. The molecule has 0 N–H and O–H groups in total. The summed E-state index contributed by atoms with van der Waals surface area (Å²) in [4.78, 5) is 13.8. The van der Waals surface area contributed by atoms with Gasteiger partial charge in [-0.25, -0.2) is 0 Å². The van der Waals surface area contributed by atoms with E-state index in [0.29, 0.717) is 5.76 Å². The van der Waals surface area contributed by atoms with E-state index >= 15 is 0 Å². The Labute approximate surface area is 101 Å². The Hall–Kier alpha value is -1.76. The highest BCUT2D eigenvalue weighted by Gasteiger charge is 2.27.